The van der Waals surface area contributed by atoms with Crippen LogP contribution in [0.4, 0.5) is 0 Å². The molecule has 0 aromatic rings. The van der Waals surface area contributed by atoms with Crippen LogP contribution in [-0.2, 0) is 4.79 Å². The molecule has 48 valence electrons. The molecule has 0 aliphatic carbocycles. The van der Waals surface area contributed by atoms with Crippen molar-refractivity contribution in [2.45, 2.75) is 6.10 Å². The first kappa shape index (κ1) is 7.39. The van der Waals surface area contributed by atoms with Crippen LogP contribution in [0.2, 0.25) is 0 Å². The number of hydrogen-bond acceptors (Lipinski definition) is 3. The number of aliphatic hydroxyl groups excluding tert-OH is 2. The van der Waals surface area contributed by atoms with Crippen LogP contribution in [0.15, 0.2) is 0 Å². The Morgan fingerprint density at radius 1 is 1.75 bits per heavy atom. The molecule has 0 unspecified atom stereocenters. The molecular formula is C4H9NO3. The quantitative estimate of drug-likeness (QED) is 0.378. The zero-order chi connectivity index (χ0) is 6.41. The minimum absolute atomic E-state index is 0.111. The third-order valence-electron chi connectivity index (χ3n) is 0.648. The minimum atomic E-state index is -0.833. The van der Waals surface area contributed by atoms with E-state index in [-0.39, 0.29) is 13.2 Å². The normalized spacial score (nSPS) is 12.8. The molecule has 0 saturated carbocycles. The van der Waals surface area contributed by atoms with Crippen molar-refractivity contribution in [2.75, 3.05) is 13.2 Å². The Hall–Kier alpha value is -0.610. The lowest BCUT2D eigenvalue weighted by Crippen LogP contribution is -2.28. The molecule has 0 heterocycles. The van der Waals surface area contributed by atoms with E-state index >= 15 is 0 Å². The van der Waals surface area contributed by atoms with Crippen LogP contribution in [0, 0.1) is 0 Å². The molecular weight excluding hydrogens is 110 g/mol. The first-order valence-electron chi connectivity index (χ1n) is 2.27. The average Bonchev–Trinajstić information content (AvgIpc) is 1.83. The van der Waals surface area contributed by atoms with Gasteiger partial charge in [-0.2, -0.15) is 0 Å². The lowest BCUT2D eigenvalue weighted by molar-refractivity contribution is -0.110. The van der Waals surface area contributed by atoms with Gasteiger partial charge >= 0.3 is 0 Å². The Morgan fingerprint density at radius 3 is 2.75 bits per heavy atom. The summed E-state index contributed by atoms with van der Waals surface area (Å²) in [7, 11) is 0. The predicted octanol–water partition coefficient (Wildman–Crippen LogP) is -1.91. The van der Waals surface area contributed by atoms with E-state index in [1.54, 1.807) is 0 Å². The van der Waals surface area contributed by atoms with Crippen LogP contribution >= 0.6 is 0 Å². The maximum absolute atomic E-state index is 9.52. The Balaban J connectivity index is 2.97. The maximum Gasteiger partial charge on any atom is 0.207 e. The van der Waals surface area contributed by atoms with E-state index < -0.39 is 6.10 Å². The van der Waals surface area contributed by atoms with E-state index in [1.165, 1.54) is 0 Å². The third kappa shape index (κ3) is 3.58. The van der Waals surface area contributed by atoms with Gasteiger partial charge in [0.15, 0.2) is 0 Å². The number of hydrogen-bond donors (Lipinski definition) is 3. The summed E-state index contributed by atoms with van der Waals surface area (Å²) in [6.45, 7) is -0.208. The summed E-state index contributed by atoms with van der Waals surface area (Å²) in [5.74, 6) is 0. The molecule has 0 aliphatic rings. The van der Waals surface area contributed by atoms with Crippen molar-refractivity contribution in [3.8, 4) is 0 Å². The van der Waals surface area contributed by atoms with Crippen LogP contribution in [-0.4, -0.2) is 35.9 Å². The molecule has 0 bridgehead atoms. The fourth-order valence-electron chi connectivity index (χ4n) is 0.249. The summed E-state index contributed by atoms with van der Waals surface area (Å²) in [5.41, 5.74) is 0. The predicted molar refractivity (Wildman–Crippen MR) is 27.2 cm³/mol. The van der Waals surface area contributed by atoms with Crippen molar-refractivity contribution in [3.05, 3.63) is 0 Å². The van der Waals surface area contributed by atoms with Crippen molar-refractivity contribution in [1.29, 1.82) is 0 Å². The van der Waals surface area contributed by atoms with Crippen LogP contribution in [0.3, 0.4) is 0 Å². The van der Waals surface area contributed by atoms with E-state index in [4.69, 9.17) is 10.2 Å². The molecule has 8 heavy (non-hydrogen) atoms. The van der Waals surface area contributed by atoms with Crippen molar-refractivity contribution >= 4 is 6.41 Å². The van der Waals surface area contributed by atoms with Crippen LogP contribution < -0.4 is 5.32 Å². The number of amides is 1. The Bertz CT molecular complexity index is 66.3. The van der Waals surface area contributed by atoms with Crippen molar-refractivity contribution < 1.29 is 15.0 Å². The zero-order valence-electron chi connectivity index (χ0n) is 4.37. The van der Waals surface area contributed by atoms with Crippen LogP contribution in [0.1, 0.15) is 0 Å². The zero-order valence-corrected chi connectivity index (χ0v) is 4.37. The largest absolute Gasteiger partial charge is 0.394 e. The highest BCUT2D eigenvalue weighted by Gasteiger charge is 1.96. The second-order valence-electron chi connectivity index (χ2n) is 1.36. The van der Waals surface area contributed by atoms with Gasteiger partial charge in [-0.1, -0.05) is 0 Å². The second kappa shape index (κ2) is 4.55. The van der Waals surface area contributed by atoms with Crippen molar-refractivity contribution in [1.82, 2.24) is 5.32 Å². The summed E-state index contributed by atoms with van der Waals surface area (Å²) in [5, 5.41) is 18.9. The van der Waals surface area contributed by atoms with Crippen LogP contribution in [0.25, 0.3) is 0 Å². The van der Waals surface area contributed by atoms with Gasteiger partial charge in [-0.15, -0.1) is 0 Å². The highest BCUT2D eigenvalue weighted by Crippen LogP contribution is 1.72. The fourth-order valence-corrected chi connectivity index (χ4v) is 0.249. The van der Waals surface area contributed by atoms with Crippen molar-refractivity contribution in [3.63, 3.8) is 0 Å². The van der Waals surface area contributed by atoms with E-state index in [1.807, 2.05) is 0 Å². The third-order valence-corrected chi connectivity index (χ3v) is 0.648. The molecule has 0 radical (unpaired) electrons. The number of carbonyl (C=O) groups excluding carboxylic acids is 1. The van der Waals surface area contributed by atoms with Gasteiger partial charge in [0.05, 0.1) is 12.7 Å². The van der Waals surface area contributed by atoms with Crippen molar-refractivity contribution in [2.24, 2.45) is 0 Å². The first-order valence-corrected chi connectivity index (χ1v) is 2.27. The number of aliphatic hydroxyl groups is 2. The average molecular weight is 119 g/mol. The Kier molecular flexibility index (Phi) is 4.20. The molecule has 3 N–H and O–H groups in total. The van der Waals surface area contributed by atoms with Crippen LogP contribution in [0.5, 0.6) is 0 Å². The van der Waals surface area contributed by atoms with Gasteiger partial charge in [0.2, 0.25) is 6.41 Å². The number of carbonyl (C=O) groups is 1. The number of rotatable bonds is 4. The van der Waals surface area contributed by atoms with Gasteiger partial charge in [-0.25, -0.2) is 0 Å². The molecule has 0 aromatic heterocycles. The lowest BCUT2D eigenvalue weighted by atomic mass is 10.4. The summed E-state index contributed by atoms with van der Waals surface area (Å²) < 4.78 is 0. The number of nitrogens with one attached hydrogen (secondary N) is 1. The Labute approximate surface area is 47.1 Å². The minimum Gasteiger partial charge on any atom is -0.394 e. The van der Waals surface area contributed by atoms with Gasteiger partial charge in [-0.05, 0) is 0 Å². The van der Waals surface area contributed by atoms with E-state index in [9.17, 15) is 4.79 Å². The molecule has 0 spiro atoms. The lowest BCUT2D eigenvalue weighted by Gasteiger charge is -2.02. The molecule has 0 saturated heterocycles. The van der Waals surface area contributed by atoms with E-state index in [0.717, 1.165) is 0 Å². The van der Waals surface area contributed by atoms with Gasteiger partial charge < -0.3 is 15.5 Å². The smallest absolute Gasteiger partial charge is 0.207 e. The first-order chi connectivity index (χ1) is 3.81. The molecule has 4 heteroatoms. The SMILES string of the molecule is O=CNC[C@H](O)CO. The molecule has 1 amide bonds. The van der Waals surface area contributed by atoms with E-state index in [0.29, 0.717) is 6.41 Å². The van der Waals surface area contributed by atoms with Gasteiger partial charge in [-0.3, -0.25) is 4.79 Å². The molecule has 0 rings (SSSR count). The molecule has 0 aliphatic heterocycles. The van der Waals surface area contributed by atoms with Gasteiger partial charge in [0, 0.05) is 6.54 Å². The van der Waals surface area contributed by atoms with Gasteiger partial charge in [0.25, 0.3) is 0 Å². The highest BCUT2D eigenvalue weighted by atomic mass is 16.3. The summed E-state index contributed by atoms with van der Waals surface area (Å²) in [4.78, 5) is 9.52. The summed E-state index contributed by atoms with van der Waals surface area (Å²) in [6, 6.07) is 0. The fraction of sp³-hybridized carbons (Fsp3) is 0.750. The Morgan fingerprint density at radius 2 is 2.38 bits per heavy atom. The maximum atomic E-state index is 9.52. The standard InChI is InChI=1S/C4H9NO3/c6-2-4(8)1-5-3-7/h3-4,6,8H,1-2H2,(H,5,7)/t4-/m0/s1. The highest BCUT2D eigenvalue weighted by molar-refractivity contribution is 5.45. The van der Waals surface area contributed by atoms with E-state index in [2.05, 4.69) is 5.32 Å². The molecule has 0 fully saturated rings. The van der Waals surface area contributed by atoms with Gasteiger partial charge in [0.1, 0.15) is 0 Å². The molecule has 1 atom stereocenters. The molecule has 4 nitrogen and oxygen atoms in total. The monoisotopic (exact) mass is 119 g/mol. The molecule has 0 aromatic carbocycles. The topological polar surface area (TPSA) is 69.6 Å². The summed E-state index contributed by atoms with van der Waals surface area (Å²) >= 11 is 0. The summed E-state index contributed by atoms with van der Waals surface area (Å²) in [6.07, 6.45) is -0.362. The second-order valence-corrected chi connectivity index (χ2v) is 1.36.